The maximum Gasteiger partial charge on any atom is 0.343 e. The van der Waals surface area contributed by atoms with Gasteiger partial charge in [-0.05, 0) is 97.1 Å². The molecule has 0 spiro atoms. The Morgan fingerprint density at radius 2 is 1.90 bits per heavy atom. The zero-order chi connectivity index (χ0) is 20.2. The van der Waals surface area contributed by atoms with Crippen LogP contribution in [0.1, 0.15) is 66.4 Å². The Kier molecular flexibility index (Phi) is 4.43. The van der Waals surface area contributed by atoms with Crippen LogP contribution in [0.5, 0.6) is 11.5 Å². The van der Waals surface area contributed by atoms with Crippen LogP contribution in [-0.4, -0.2) is 22.3 Å². The third-order valence-electron chi connectivity index (χ3n) is 7.97. The van der Waals surface area contributed by atoms with E-state index in [9.17, 15) is 15.0 Å². The molecule has 5 rings (SSSR count). The van der Waals surface area contributed by atoms with Gasteiger partial charge in [-0.15, -0.1) is 0 Å². The number of ether oxygens (including phenoxy) is 1. The summed E-state index contributed by atoms with van der Waals surface area (Å²) in [6.07, 6.45) is 5.94. The van der Waals surface area contributed by atoms with Gasteiger partial charge in [-0.3, -0.25) is 0 Å². The number of fused-ring (bicyclic) bond motifs is 5. The average Bonchev–Trinajstić information content (AvgIpc) is 3.04. The van der Waals surface area contributed by atoms with Crippen LogP contribution < -0.4 is 4.74 Å². The van der Waals surface area contributed by atoms with Crippen molar-refractivity contribution in [2.45, 2.75) is 57.5 Å². The lowest BCUT2D eigenvalue weighted by molar-refractivity contribution is -0.0226. The van der Waals surface area contributed by atoms with Gasteiger partial charge in [0.1, 0.15) is 0 Å². The Hall–Kier alpha value is -2.33. The first-order chi connectivity index (χ1) is 14.0. The summed E-state index contributed by atoms with van der Waals surface area (Å²) < 4.78 is 5.51. The third-order valence-corrected chi connectivity index (χ3v) is 7.97. The van der Waals surface area contributed by atoms with Crippen LogP contribution in [0.4, 0.5) is 0 Å². The minimum absolute atomic E-state index is 0.0356. The molecule has 5 atom stereocenters. The fourth-order valence-corrected chi connectivity index (χ4v) is 6.37. The van der Waals surface area contributed by atoms with Gasteiger partial charge < -0.3 is 14.9 Å². The first kappa shape index (κ1) is 18.7. The number of esters is 1. The summed E-state index contributed by atoms with van der Waals surface area (Å²) in [6.45, 7) is 2.27. The quantitative estimate of drug-likeness (QED) is 0.568. The monoisotopic (exact) mass is 392 g/mol. The number of aliphatic hydroxyl groups is 1. The molecule has 2 aromatic carbocycles. The Bertz CT molecular complexity index is 937. The normalized spacial score (nSPS) is 32.8. The maximum absolute atomic E-state index is 12.4. The molecular formula is C25H28O4. The predicted octanol–water partition coefficient (Wildman–Crippen LogP) is 4.83. The van der Waals surface area contributed by atoms with Gasteiger partial charge in [0.25, 0.3) is 0 Å². The Labute approximate surface area is 171 Å². The highest BCUT2D eigenvalue weighted by Gasteiger charge is 2.54. The zero-order valence-corrected chi connectivity index (χ0v) is 16.8. The minimum atomic E-state index is -0.456. The zero-order valence-electron chi connectivity index (χ0n) is 16.8. The van der Waals surface area contributed by atoms with Crippen molar-refractivity contribution in [3.63, 3.8) is 0 Å². The van der Waals surface area contributed by atoms with Gasteiger partial charge >= 0.3 is 5.97 Å². The number of hydrogen-bond donors (Lipinski definition) is 2. The SMILES string of the molecule is C[C@]12CC[C@@H]3c4cc(O)c(OC(=O)c5ccccc5)cc4CC[C@H]3[C@@H]1CC[C@@H]2O. The second kappa shape index (κ2) is 6.88. The van der Waals surface area contributed by atoms with Crippen LogP contribution >= 0.6 is 0 Å². The summed E-state index contributed by atoms with van der Waals surface area (Å²) >= 11 is 0. The van der Waals surface area contributed by atoms with E-state index in [2.05, 4.69) is 6.92 Å². The number of aromatic hydroxyl groups is 1. The standard InChI is InChI=1S/C25H28O4/c1-25-12-11-17-18(20(25)9-10-23(25)27)8-7-16-13-22(21(26)14-19(16)17)29-24(28)15-5-3-2-4-6-15/h2-6,13-14,17-18,20,23,26-27H,7-12H2,1H3/t17-,18+,20-,23-,25-/m0/s1. The fraction of sp³-hybridized carbons (Fsp3) is 0.480. The minimum Gasteiger partial charge on any atom is -0.504 e. The molecule has 0 aliphatic heterocycles. The van der Waals surface area contributed by atoms with E-state index in [1.807, 2.05) is 18.2 Å². The molecule has 152 valence electrons. The van der Waals surface area contributed by atoms with E-state index >= 15 is 0 Å². The lowest BCUT2D eigenvalue weighted by Gasteiger charge is -2.50. The van der Waals surface area contributed by atoms with Crippen molar-refractivity contribution in [3.8, 4) is 11.5 Å². The molecule has 0 radical (unpaired) electrons. The number of carbonyl (C=O) groups is 1. The van der Waals surface area contributed by atoms with Crippen molar-refractivity contribution >= 4 is 5.97 Å². The largest absolute Gasteiger partial charge is 0.504 e. The summed E-state index contributed by atoms with van der Waals surface area (Å²) in [5.41, 5.74) is 2.91. The van der Waals surface area contributed by atoms with Crippen LogP contribution in [0.2, 0.25) is 0 Å². The van der Waals surface area contributed by atoms with Gasteiger partial charge in [0.2, 0.25) is 0 Å². The van der Waals surface area contributed by atoms with E-state index in [0.29, 0.717) is 23.3 Å². The lowest BCUT2D eigenvalue weighted by atomic mass is 9.55. The molecule has 4 nitrogen and oxygen atoms in total. The molecule has 29 heavy (non-hydrogen) atoms. The van der Waals surface area contributed by atoms with E-state index in [1.54, 1.807) is 24.3 Å². The highest BCUT2D eigenvalue weighted by atomic mass is 16.5. The summed E-state index contributed by atoms with van der Waals surface area (Å²) in [5.74, 6) is 1.37. The number of phenols is 1. The van der Waals surface area contributed by atoms with Crippen molar-refractivity contribution in [2.75, 3.05) is 0 Å². The van der Waals surface area contributed by atoms with Gasteiger partial charge in [0, 0.05) is 0 Å². The summed E-state index contributed by atoms with van der Waals surface area (Å²) in [5, 5.41) is 21.2. The fourth-order valence-electron chi connectivity index (χ4n) is 6.37. The Balaban J connectivity index is 1.42. The highest BCUT2D eigenvalue weighted by Crippen LogP contribution is 2.61. The van der Waals surface area contributed by atoms with Gasteiger partial charge in [-0.25, -0.2) is 4.79 Å². The molecule has 4 heteroatoms. The van der Waals surface area contributed by atoms with E-state index in [1.165, 1.54) is 11.1 Å². The van der Waals surface area contributed by atoms with Crippen molar-refractivity contribution in [2.24, 2.45) is 17.3 Å². The molecule has 2 N–H and O–H groups in total. The number of phenolic OH excluding ortho intramolecular Hbond substituents is 1. The third kappa shape index (κ3) is 2.96. The maximum atomic E-state index is 12.4. The lowest BCUT2D eigenvalue weighted by Crippen LogP contribution is -2.43. The van der Waals surface area contributed by atoms with Crippen LogP contribution in [0.15, 0.2) is 42.5 Å². The summed E-state index contributed by atoms with van der Waals surface area (Å²) in [7, 11) is 0. The van der Waals surface area contributed by atoms with Crippen molar-refractivity contribution < 1.29 is 19.7 Å². The van der Waals surface area contributed by atoms with Crippen LogP contribution in [0.3, 0.4) is 0 Å². The number of aryl methyl sites for hydroxylation is 1. The molecule has 2 fully saturated rings. The van der Waals surface area contributed by atoms with Crippen molar-refractivity contribution in [1.82, 2.24) is 0 Å². The summed E-state index contributed by atoms with van der Waals surface area (Å²) in [4.78, 5) is 12.4. The van der Waals surface area contributed by atoms with Crippen molar-refractivity contribution in [3.05, 3.63) is 59.2 Å². The van der Waals surface area contributed by atoms with E-state index in [0.717, 1.165) is 38.5 Å². The second-order valence-corrected chi connectivity index (χ2v) is 9.33. The Morgan fingerprint density at radius 3 is 2.69 bits per heavy atom. The number of rotatable bonds is 2. The first-order valence-corrected chi connectivity index (χ1v) is 10.8. The number of aliphatic hydroxyl groups excluding tert-OH is 1. The van der Waals surface area contributed by atoms with Crippen LogP contribution in [-0.2, 0) is 6.42 Å². The highest BCUT2D eigenvalue weighted by molar-refractivity contribution is 5.91. The molecule has 0 aromatic heterocycles. The average molecular weight is 392 g/mol. The van der Waals surface area contributed by atoms with Gasteiger partial charge in [0.15, 0.2) is 11.5 Å². The number of carbonyl (C=O) groups excluding carboxylic acids is 1. The first-order valence-electron chi connectivity index (χ1n) is 10.8. The molecule has 3 aliphatic rings. The molecule has 2 aromatic rings. The van der Waals surface area contributed by atoms with E-state index in [-0.39, 0.29) is 23.0 Å². The van der Waals surface area contributed by atoms with Crippen LogP contribution in [0, 0.1) is 17.3 Å². The molecule has 0 amide bonds. The van der Waals surface area contributed by atoms with Gasteiger partial charge in [-0.1, -0.05) is 25.1 Å². The smallest absolute Gasteiger partial charge is 0.343 e. The molecular weight excluding hydrogens is 364 g/mol. The Morgan fingerprint density at radius 1 is 1.10 bits per heavy atom. The molecule has 0 saturated heterocycles. The molecule has 0 bridgehead atoms. The predicted molar refractivity (Wildman–Crippen MR) is 110 cm³/mol. The van der Waals surface area contributed by atoms with E-state index in [4.69, 9.17) is 4.74 Å². The summed E-state index contributed by atoms with van der Waals surface area (Å²) in [6, 6.07) is 12.5. The molecule has 0 unspecified atom stereocenters. The van der Waals surface area contributed by atoms with E-state index < -0.39 is 5.97 Å². The topological polar surface area (TPSA) is 66.8 Å². The van der Waals surface area contributed by atoms with Crippen LogP contribution in [0.25, 0.3) is 0 Å². The van der Waals surface area contributed by atoms with Crippen molar-refractivity contribution in [1.29, 1.82) is 0 Å². The number of hydrogen-bond acceptors (Lipinski definition) is 4. The molecule has 3 aliphatic carbocycles. The van der Waals surface area contributed by atoms with Gasteiger partial charge in [0.05, 0.1) is 11.7 Å². The molecule has 0 heterocycles. The second-order valence-electron chi connectivity index (χ2n) is 9.33. The van der Waals surface area contributed by atoms with Gasteiger partial charge in [-0.2, -0.15) is 0 Å². The number of benzene rings is 2. The molecule has 2 saturated carbocycles.